The molecule has 0 spiro atoms. The number of anilines is 2. The van der Waals surface area contributed by atoms with E-state index in [0.29, 0.717) is 45.7 Å². The summed E-state index contributed by atoms with van der Waals surface area (Å²) in [5, 5.41) is 0.580. The lowest BCUT2D eigenvalue weighted by atomic mass is 10.1. The minimum atomic E-state index is -0.431. The highest BCUT2D eigenvalue weighted by Gasteiger charge is 2.19. The molecule has 6 nitrogen and oxygen atoms in total. The van der Waals surface area contributed by atoms with Crippen molar-refractivity contribution in [1.29, 1.82) is 0 Å². The van der Waals surface area contributed by atoms with E-state index in [2.05, 4.69) is 14.7 Å². The minimum Gasteiger partial charge on any atom is -0.382 e. The van der Waals surface area contributed by atoms with Crippen molar-refractivity contribution in [2.45, 2.75) is 25.3 Å². The Morgan fingerprint density at radius 1 is 1.29 bits per heavy atom. The Morgan fingerprint density at radius 2 is 2.10 bits per heavy atom. The van der Waals surface area contributed by atoms with Gasteiger partial charge < -0.3 is 15.2 Å². The number of ether oxygens (including phenoxy) is 1. The number of nitrogens with zero attached hydrogens (tertiary/aromatic N) is 3. The number of methoxy groups -OCH3 is 1. The average Bonchev–Trinajstić information content (AvgIpc) is 3.08. The van der Waals surface area contributed by atoms with E-state index in [-0.39, 0.29) is 0 Å². The molecule has 0 saturated carbocycles. The molecule has 0 unspecified atom stereocenters. The van der Waals surface area contributed by atoms with Crippen molar-refractivity contribution in [3.63, 3.8) is 0 Å². The van der Waals surface area contributed by atoms with Crippen LogP contribution in [0.5, 0.6) is 0 Å². The number of aryl methyl sites for hydroxylation is 2. The molecule has 160 valence electrons. The molecule has 9 heteroatoms. The van der Waals surface area contributed by atoms with E-state index in [4.69, 9.17) is 22.1 Å². The van der Waals surface area contributed by atoms with Gasteiger partial charge in [0.1, 0.15) is 22.9 Å². The Labute approximate surface area is 188 Å². The molecule has 0 saturated heterocycles. The summed E-state index contributed by atoms with van der Waals surface area (Å²) in [6.07, 6.45) is 3.35. The smallest absolute Gasteiger partial charge is 0.156 e. The summed E-state index contributed by atoms with van der Waals surface area (Å²) in [7, 11) is 1.62. The molecule has 2 aromatic heterocycles. The Bertz CT molecular complexity index is 1280. The highest BCUT2D eigenvalue weighted by Crippen LogP contribution is 2.36. The second-order valence-electron chi connectivity index (χ2n) is 7.08. The number of benzene rings is 2. The van der Waals surface area contributed by atoms with Crippen molar-refractivity contribution in [2.24, 2.45) is 0 Å². The molecule has 2 aromatic carbocycles. The van der Waals surface area contributed by atoms with Crippen LogP contribution in [-0.4, -0.2) is 21.5 Å². The van der Waals surface area contributed by atoms with Gasteiger partial charge in [-0.3, -0.25) is 4.40 Å². The standard InChI is InChI=1S/C22H21ClFN5OS/c1-12-9-14(11-30-3)18(23)17(10-12)31-28-16-6-4-5-15(19(16)24)20-21-22(25)26-7-8-29(21)13(2)27-20/h4-10,28H,11H2,1-3H3,(H2,25,26). The third-order valence-corrected chi connectivity index (χ3v) is 6.27. The van der Waals surface area contributed by atoms with Gasteiger partial charge in [-0.2, -0.15) is 0 Å². The van der Waals surface area contributed by atoms with Gasteiger partial charge in [0.2, 0.25) is 0 Å². The second kappa shape index (κ2) is 8.74. The van der Waals surface area contributed by atoms with Crippen molar-refractivity contribution in [1.82, 2.24) is 14.4 Å². The SMILES string of the molecule is COCc1cc(C)cc(SNc2cccc(-c3nc(C)n4ccnc(N)c34)c2F)c1Cl. The maximum absolute atomic E-state index is 15.5. The van der Waals surface area contributed by atoms with Crippen LogP contribution in [-0.2, 0) is 11.3 Å². The van der Waals surface area contributed by atoms with Gasteiger partial charge in [0.25, 0.3) is 0 Å². The third-order valence-electron chi connectivity index (χ3n) is 4.84. The maximum atomic E-state index is 15.5. The molecule has 0 fully saturated rings. The number of nitrogens with one attached hydrogen (secondary N) is 1. The molecule has 0 aliphatic heterocycles. The summed E-state index contributed by atoms with van der Waals surface area (Å²) in [6.45, 7) is 4.22. The van der Waals surface area contributed by atoms with Gasteiger partial charge in [-0.25, -0.2) is 14.4 Å². The van der Waals surface area contributed by atoms with Gasteiger partial charge in [0.05, 0.1) is 17.3 Å². The van der Waals surface area contributed by atoms with Gasteiger partial charge in [0, 0.05) is 30.0 Å². The first-order valence-corrected chi connectivity index (χ1v) is 10.7. The molecule has 0 amide bonds. The monoisotopic (exact) mass is 457 g/mol. The predicted molar refractivity (Wildman–Crippen MR) is 124 cm³/mol. The third kappa shape index (κ3) is 4.06. The number of hydrogen-bond donors (Lipinski definition) is 2. The van der Waals surface area contributed by atoms with Crippen LogP contribution < -0.4 is 10.5 Å². The highest BCUT2D eigenvalue weighted by molar-refractivity contribution is 8.00. The number of aromatic nitrogens is 3. The minimum absolute atomic E-state index is 0.294. The zero-order valence-electron chi connectivity index (χ0n) is 17.2. The number of rotatable bonds is 6. The van der Waals surface area contributed by atoms with Gasteiger partial charge in [0.15, 0.2) is 5.82 Å². The van der Waals surface area contributed by atoms with Crippen molar-refractivity contribution < 1.29 is 9.13 Å². The number of halogens is 2. The van der Waals surface area contributed by atoms with Crippen molar-refractivity contribution >= 4 is 40.6 Å². The lowest BCUT2D eigenvalue weighted by Crippen LogP contribution is -1.98. The number of hydrogen-bond acceptors (Lipinski definition) is 6. The fourth-order valence-electron chi connectivity index (χ4n) is 3.45. The first-order chi connectivity index (χ1) is 14.9. The topological polar surface area (TPSA) is 77.5 Å². The van der Waals surface area contributed by atoms with E-state index in [1.165, 1.54) is 11.9 Å². The lowest BCUT2D eigenvalue weighted by Gasteiger charge is -2.13. The van der Waals surface area contributed by atoms with Gasteiger partial charge in [-0.15, -0.1) is 0 Å². The summed E-state index contributed by atoms with van der Waals surface area (Å²) < 4.78 is 25.6. The van der Waals surface area contributed by atoms with Crippen molar-refractivity contribution in [3.8, 4) is 11.3 Å². The van der Waals surface area contributed by atoms with E-state index in [9.17, 15) is 0 Å². The van der Waals surface area contributed by atoms with E-state index in [1.54, 1.807) is 42.1 Å². The molecule has 4 aromatic rings. The molecule has 0 radical (unpaired) electrons. The van der Waals surface area contributed by atoms with Crippen molar-refractivity contribution in [3.05, 3.63) is 70.5 Å². The molecule has 3 N–H and O–H groups in total. The van der Waals surface area contributed by atoms with E-state index in [1.807, 2.05) is 26.0 Å². The fraction of sp³-hybridized carbons (Fsp3) is 0.182. The summed E-state index contributed by atoms with van der Waals surface area (Å²) in [5.74, 6) is 0.560. The lowest BCUT2D eigenvalue weighted by molar-refractivity contribution is 0.185. The Kier molecular flexibility index (Phi) is 6.04. The maximum Gasteiger partial charge on any atom is 0.156 e. The van der Waals surface area contributed by atoms with Crippen LogP contribution in [0.15, 0.2) is 47.6 Å². The Morgan fingerprint density at radius 3 is 2.87 bits per heavy atom. The van der Waals surface area contributed by atoms with E-state index < -0.39 is 5.82 Å². The molecule has 0 aliphatic rings. The molecule has 2 heterocycles. The summed E-state index contributed by atoms with van der Waals surface area (Å²) in [4.78, 5) is 9.45. The molecule has 0 bridgehead atoms. The number of imidazole rings is 1. The largest absolute Gasteiger partial charge is 0.382 e. The quantitative estimate of drug-likeness (QED) is 0.364. The number of nitrogen functional groups attached to an aromatic ring is 1. The summed E-state index contributed by atoms with van der Waals surface area (Å²) in [6, 6.07) is 9.03. The van der Waals surface area contributed by atoms with E-state index >= 15 is 4.39 Å². The molecule has 0 atom stereocenters. The summed E-state index contributed by atoms with van der Waals surface area (Å²) in [5.41, 5.74) is 9.66. The molecule has 4 rings (SSSR count). The zero-order valence-corrected chi connectivity index (χ0v) is 18.8. The van der Waals surface area contributed by atoms with Crippen LogP contribution in [0, 0.1) is 19.7 Å². The zero-order chi connectivity index (χ0) is 22.1. The van der Waals surface area contributed by atoms with E-state index in [0.717, 1.165) is 16.0 Å². The van der Waals surface area contributed by atoms with Crippen molar-refractivity contribution in [2.75, 3.05) is 17.6 Å². The fourth-order valence-corrected chi connectivity index (χ4v) is 4.57. The summed E-state index contributed by atoms with van der Waals surface area (Å²) >= 11 is 7.75. The second-order valence-corrected chi connectivity index (χ2v) is 8.31. The van der Waals surface area contributed by atoms with Gasteiger partial charge >= 0.3 is 0 Å². The van der Waals surface area contributed by atoms with Gasteiger partial charge in [-0.05, 0) is 55.1 Å². The van der Waals surface area contributed by atoms with Crippen LogP contribution in [0.4, 0.5) is 15.9 Å². The van der Waals surface area contributed by atoms with Crippen LogP contribution in [0.2, 0.25) is 5.02 Å². The normalized spacial score (nSPS) is 11.3. The highest BCUT2D eigenvalue weighted by atomic mass is 35.5. The molecular weight excluding hydrogens is 437 g/mol. The van der Waals surface area contributed by atoms with Gasteiger partial charge in [-0.1, -0.05) is 23.7 Å². The number of fused-ring (bicyclic) bond motifs is 1. The first-order valence-electron chi connectivity index (χ1n) is 9.49. The molecular formula is C22H21ClFN5OS. The average molecular weight is 458 g/mol. The number of nitrogens with two attached hydrogens (primary N) is 1. The first kappa shape index (κ1) is 21.4. The Hall–Kier alpha value is -2.81. The van der Waals surface area contributed by atoms with Crippen LogP contribution >= 0.6 is 23.5 Å². The predicted octanol–water partition coefficient (Wildman–Crippen LogP) is 5.65. The van der Waals surface area contributed by atoms with Crippen LogP contribution in [0.1, 0.15) is 17.0 Å². The van der Waals surface area contributed by atoms with Crippen LogP contribution in [0.25, 0.3) is 16.8 Å². The molecule has 0 aliphatic carbocycles. The van der Waals surface area contributed by atoms with Crippen LogP contribution in [0.3, 0.4) is 0 Å². The Balaban J connectivity index is 1.69. The molecule has 31 heavy (non-hydrogen) atoms.